The number of fused-ring (bicyclic) bond motifs is 1. The maximum atomic E-state index is 12.3. The van der Waals surface area contributed by atoms with Crippen molar-refractivity contribution in [3.63, 3.8) is 0 Å². The maximum Gasteiger partial charge on any atom is 0.251 e. The van der Waals surface area contributed by atoms with Crippen LogP contribution in [0.15, 0.2) is 78.9 Å². The predicted octanol–water partition coefficient (Wildman–Crippen LogP) is 4.10. The van der Waals surface area contributed by atoms with Crippen molar-refractivity contribution in [2.75, 3.05) is 0 Å². The molecule has 0 fully saturated rings. The number of primary amides is 1. The van der Waals surface area contributed by atoms with Crippen LogP contribution in [0.1, 0.15) is 10.4 Å². The van der Waals surface area contributed by atoms with E-state index in [0.717, 1.165) is 27.8 Å². The lowest BCUT2D eigenvalue weighted by Gasteiger charge is -2.12. The van der Waals surface area contributed by atoms with Crippen LogP contribution >= 0.6 is 0 Å². The Balaban J connectivity index is 2.16. The molecule has 3 aromatic carbocycles. The van der Waals surface area contributed by atoms with Crippen molar-refractivity contribution in [2.45, 2.75) is 0 Å². The van der Waals surface area contributed by atoms with Gasteiger partial charge in [0.05, 0.1) is 16.8 Å². The Morgan fingerprint density at radius 1 is 0.840 bits per heavy atom. The highest BCUT2D eigenvalue weighted by Crippen LogP contribution is 2.36. The molecule has 3 N–H and O–H groups in total. The molecule has 4 aromatic rings. The predicted molar refractivity (Wildman–Crippen MR) is 98.9 cm³/mol. The van der Waals surface area contributed by atoms with E-state index in [1.54, 1.807) is 12.1 Å². The van der Waals surface area contributed by atoms with Gasteiger partial charge in [0.25, 0.3) is 5.91 Å². The van der Waals surface area contributed by atoms with Gasteiger partial charge < -0.3 is 15.4 Å². The summed E-state index contributed by atoms with van der Waals surface area (Å²) in [5.41, 5.74) is 9.63. The SMILES string of the molecule is NC(=O)c1c(-c2ccccc2)n(-c2ccc(O)cc2)c2ccccc12. The van der Waals surface area contributed by atoms with E-state index in [-0.39, 0.29) is 5.75 Å². The number of hydrogen-bond acceptors (Lipinski definition) is 2. The molecule has 0 radical (unpaired) electrons. The summed E-state index contributed by atoms with van der Waals surface area (Å²) in [6, 6.07) is 24.3. The number of phenolic OH excluding ortho intramolecular Hbond substituents is 1. The zero-order valence-electron chi connectivity index (χ0n) is 13.4. The number of carbonyl (C=O) groups excluding carboxylic acids is 1. The van der Waals surface area contributed by atoms with E-state index in [1.807, 2.05) is 71.3 Å². The number of nitrogens with zero attached hydrogens (tertiary/aromatic N) is 1. The van der Waals surface area contributed by atoms with Crippen LogP contribution in [0.25, 0.3) is 27.8 Å². The molecule has 0 aliphatic rings. The van der Waals surface area contributed by atoms with Gasteiger partial charge in [-0.05, 0) is 35.9 Å². The van der Waals surface area contributed by atoms with Gasteiger partial charge in [0.1, 0.15) is 5.75 Å². The van der Waals surface area contributed by atoms with E-state index in [2.05, 4.69) is 0 Å². The van der Waals surface area contributed by atoms with Crippen molar-refractivity contribution < 1.29 is 9.90 Å². The van der Waals surface area contributed by atoms with Gasteiger partial charge in [-0.1, -0.05) is 48.5 Å². The highest BCUT2D eigenvalue weighted by atomic mass is 16.3. The first-order valence-corrected chi connectivity index (χ1v) is 7.95. The summed E-state index contributed by atoms with van der Waals surface area (Å²) in [6.07, 6.45) is 0. The largest absolute Gasteiger partial charge is 0.508 e. The zero-order chi connectivity index (χ0) is 17.4. The Labute approximate surface area is 144 Å². The fraction of sp³-hybridized carbons (Fsp3) is 0. The average molecular weight is 328 g/mol. The summed E-state index contributed by atoms with van der Waals surface area (Å²) in [5.74, 6) is -0.274. The van der Waals surface area contributed by atoms with Crippen molar-refractivity contribution in [3.8, 4) is 22.7 Å². The summed E-state index contributed by atoms with van der Waals surface area (Å²) in [7, 11) is 0. The Morgan fingerprint density at radius 2 is 1.48 bits per heavy atom. The number of carbonyl (C=O) groups is 1. The molecular formula is C21H16N2O2. The van der Waals surface area contributed by atoms with Crippen LogP contribution < -0.4 is 5.73 Å². The number of rotatable bonds is 3. The molecular weight excluding hydrogens is 312 g/mol. The first-order chi connectivity index (χ1) is 12.2. The van der Waals surface area contributed by atoms with Crippen LogP contribution in [0, 0.1) is 0 Å². The monoisotopic (exact) mass is 328 g/mol. The molecule has 0 saturated carbocycles. The lowest BCUT2D eigenvalue weighted by Crippen LogP contribution is -2.12. The fourth-order valence-corrected chi connectivity index (χ4v) is 3.23. The second-order valence-corrected chi connectivity index (χ2v) is 5.82. The maximum absolute atomic E-state index is 12.3. The molecule has 0 unspecified atom stereocenters. The number of aromatic hydroxyl groups is 1. The highest BCUT2D eigenvalue weighted by Gasteiger charge is 2.22. The molecule has 0 spiro atoms. The molecule has 0 bridgehead atoms. The van der Waals surface area contributed by atoms with E-state index in [1.165, 1.54) is 0 Å². The molecule has 1 amide bonds. The second-order valence-electron chi connectivity index (χ2n) is 5.82. The zero-order valence-corrected chi connectivity index (χ0v) is 13.4. The van der Waals surface area contributed by atoms with Gasteiger partial charge in [-0.25, -0.2) is 0 Å². The number of nitrogens with two attached hydrogens (primary N) is 1. The summed E-state index contributed by atoms with van der Waals surface area (Å²) < 4.78 is 2.00. The third-order valence-electron chi connectivity index (χ3n) is 4.28. The summed E-state index contributed by atoms with van der Waals surface area (Å²) in [4.78, 5) is 12.3. The summed E-state index contributed by atoms with van der Waals surface area (Å²) in [5, 5.41) is 10.4. The molecule has 4 heteroatoms. The lowest BCUT2D eigenvalue weighted by atomic mass is 10.0. The van der Waals surface area contributed by atoms with Crippen LogP contribution in [-0.2, 0) is 0 Å². The standard InChI is InChI=1S/C21H16N2O2/c22-21(25)19-17-8-4-5-9-18(17)23(15-10-12-16(24)13-11-15)20(19)14-6-2-1-3-7-14/h1-13,24H,(H2,22,25). The van der Waals surface area contributed by atoms with Gasteiger partial charge in [0.15, 0.2) is 0 Å². The molecule has 0 atom stereocenters. The quantitative estimate of drug-likeness (QED) is 0.594. The summed E-state index contributed by atoms with van der Waals surface area (Å²) in [6.45, 7) is 0. The number of aromatic nitrogens is 1. The van der Waals surface area contributed by atoms with E-state index >= 15 is 0 Å². The first-order valence-electron chi connectivity index (χ1n) is 7.95. The fourth-order valence-electron chi connectivity index (χ4n) is 3.23. The second kappa shape index (κ2) is 5.83. The van der Waals surface area contributed by atoms with Crippen molar-refractivity contribution in [2.24, 2.45) is 5.73 Å². The lowest BCUT2D eigenvalue weighted by molar-refractivity contribution is 0.100. The minimum absolute atomic E-state index is 0.191. The molecule has 1 aromatic heterocycles. The van der Waals surface area contributed by atoms with Gasteiger partial charge in [-0.2, -0.15) is 0 Å². The van der Waals surface area contributed by atoms with Crippen LogP contribution in [0.3, 0.4) is 0 Å². The van der Waals surface area contributed by atoms with E-state index in [9.17, 15) is 9.90 Å². The van der Waals surface area contributed by atoms with Crippen LogP contribution in [0.4, 0.5) is 0 Å². The molecule has 25 heavy (non-hydrogen) atoms. The number of amides is 1. The minimum Gasteiger partial charge on any atom is -0.508 e. The summed E-state index contributed by atoms with van der Waals surface area (Å²) >= 11 is 0. The number of para-hydroxylation sites is 1. The molecule has 1 heterocycles. The Hall–Kier alpha value is -3.53. The first kappa shape index (κ1) is 15.0. The van der Waals surface area contributed by atoms with Crippen molar-refractivity contribution in [1.82, 2.24) is 4.57 Å². The number of benzene rings is 3. The van der Waals surface area contributed by atoms with E-state index in [0.29, 0.717) is 5.56 Å². The molecule has 4 nitrogen and oxygen atoms in total. The third kappa shape index (κ3) is 2.44. The molecule has 0 aliphatic carbocycles. The molecule has 4 rings (SSSR count). The van der Waals surface area contributed by atoms with Crippen molar-refractivity contribution in [3.05, 3.63) is 84.4 Å². The Morgan fingerprint density at radius 3 is 2.16 bits per heavy atom. The molecule has 0 saturated heterocycles. The molecule has 122 valence electrons. The number of phenols is 1. The Kier molecular flexibility index (Phi) is 3.51. The van der Waals surface area contributed by atoms with Gasteiger partial charge in [-0.15, -0.1) is 0 Å². The third-order valence-corrected chi connectivity index (χ3v) is 4.28. The smallest absolute Gasteiger partial charge is 0.251 e. The van der Waals surface area contributed by atoms with E-state index < -0.39 is 5.91 Å². The van der Waals surface area contributed by atoms with Gasteiger partial charge in [-0.3, -0.25) is 4.79 Å². The topological polar surface area (TPSA) is 68.2 Å². The van der Waals surface area contributed by atoms with Crippen LogP contribution in [0.2, 0.25) is 0 Å². The normalized spacial score (nSPS) is 10.9. The van der Waals surface area contributed by atoms with Crippen LogP contribution in [0.5, 0.6) is 5.75 Å². The molecule has 0 aliphatic heterocycles. The highest BCUT2D eigenvalue weighted by molar-refractivity contribution is 6.12. The van der Waals surface area contributed by atoms with E-state index in [4.69, 9.17) is 5.73 Å². The van der Waals surface area contributed by atoms with Gasteiger partial charge in [0, 0.05) is 11.1 Å². The minimum atomic E-state index is -0.465. The van der Waals surface area contributed by atoms with Gasteiger partial charge in [0.2, 0.25) is 0 Å². The number of hydrogen-bond donors (Lipinski definition) is 2. The van der Waals surface area contributed by atoms with Gasteiger partial charge >= 0.3 is 0 Å². The Bertz CT molecular complexity index is 1060. The average Bonchev–Trinajstić information content (AvgIpc) is 2.98. The van der Waals surface area contributed by atoms with Crippen molar-refractivity contribution >= 4 is 16.8 Å². The van der Waals surface area contributed by atoms with Crippen LogP contribution in [-0.4, -0.2) is 15.6 Å². The van der Waals surface area contributed by atoms with Crippen molar-refractivity contribution in [1.29, 1.82) is 0 Å².